The van der Waals surface area contributed by atoms with Gasteiger partial charge in [0, 0.05) is 13.1 Å². The molecule has 1 heterocycles. The van der Waals surface area contributed by atoms with E-state index in [9.17, 15) is 13.2 Å². The van der Waals surface area contributed by atoms with Crippen molar-refractivity contribution >= 4 is 16.0 Å². The zero-order valence-electron chi connectivity index (χ0n) is 14.7. The molecular weight excluding hydrogens is 354 g/mol. The van der Waals surface area contributed by atoms with Gasteiger partial charge in [-0.15, -0.1) is 0 Å². The van der Waals surface area contributed by atoms with Gasteiger partial charge in [0.05, 0.1) is 22.7 Å². The number of hydrogen-bond donors (Lipinski definition) is 0. The Hall–Kier alpha value is -2.22. The van der Waals surface area contributed by atoms with E-state index in [2.05, 4.69) is 0 Å². The van der Waals surface area contributed by atoms with Crippen molar-refractivity contribution in [3.05, 3.63) is 60.2 Å². The molecule has 7 heteroatoms. The summed E-state index contributed by atoms with van der Waals surface area (Å²) in [5, 5.41) is 0. The van der Waals surface area contributed by atoms with Crippen molar-refractivity contribution in [2.45, 2.75) is 31.0 Å². The number of benzene rings is 2. The average Bonchev–Trinajstić information content (AvgIpc) is 2.62. The van der Waals surface area contributed by atoms with Gasteiger partial charge in [-0.25, -0.2) is 13.2 Å². The highest BCUT2D eigenvalue weighted by molar-refractivity contribution is 7.89. The molecule has 1 aliphatic rings. The maximum atomic E-state index is 12.9. The summed E-state index contributed by atoms with van der Waals surface area (Å²) in [5.41, 5.74) is 0.185. The second-order valence-electron chi connectivity index (χ2n) is 6.31. The fourth-order valence-electron chi connectivity index (χ4n) is 2.91. The Morgan fingerprint density at radius 2 is 1.69 bits per heavy atom. The summed E-state index contributed by atoms with van der Waals surface area (Å²) in [5.74, 6) is -0.196. The number of nitrogens with zero attached hydrogens (tertiary/aromatic N) is 1. The molecular formula is C19H21NO5S. The number of para-hydroxylation sites is 1. The maximum Gasteiger partial charge on any atom is 0.343 e. The van der Waals surface area contributed by atoms with Gasteiger partial charge in [-0.2, -0.15) is 4.31 Å². The van der Waals surface area contributed by atoms with Crippen molar-refractivity contribution in [3.8, 4) is 5.75 Å². The summed E-state index contributed by atoms with van der Waals surface area (Å²) in [4.78, 5) is 12.4. The van der Waals surface area contributed by atoms with E-state index in [0.717, 1.165) is 0 Å². The van der Waals surface area contributed by atoms with Gasteiger partial charge in [0.25, 0.3) is 0 Å². The molecule has 0 N–H and O–H groups in total. The minimum absolute atomic E-state index is 0.0707. The van der Waals surface area contributed by atoms with Gasteiger partial charge in [0.15, 0.2) is 0 Å². The largest absolute Gasteiger partial charge is 0.423 e. The van der Waals surface area contributed by atoms with E-state index < -0.39 is 16.0 Å². The smallest absolute Gasteiger partial charge is 0.343 e. The van der Waals surface area contributed by atoms with Crippen LogP contribution in [-0.2, 0) is 14.8 Å². The van der Waals surface area contributed by atoms with Crippen LogP contribution in [0.2, 0.25) is 0 Å². The number of morpholine rings is 1. The topological polar surface area (TPSA) is 72.9 Å². The molecule has 2 atom stereocenters. The molecule has 0 aliphatic carbocycles. The van der Waals surface area contributed by atoms with E-state index in [4.69, 9.17) is 9.47 Å². The second-order valence-corrected chi connectivity index (χ2v) is 8.25. The van der Waals surface area contributed by atoms with E-state index >= 15 is 0 Å². The Labute approximate surface area is 153 Å². The van der Waals surface area contributed by atoms with Crippen LogP contribution in [0, 0.1) is 0 Å². The Morgan fingerprint density at radius 3 is 2.35 bits per heavy atom. The summed E-state index contributed by atoms with van der Waals surface area (Å²) >= 11 is 0. The third kappa shape index (κ3) is 4.12. The van der Waals surface area contributed by atoms with Crippen molar-refractivity contribution in [2.75, 3.05) is 13.1 Å². The third-order valence-corrected chi connectivity index (χ3v) is 5.88. The Bertz CT molecular complexity index is 872. The SMILES string of the molecule is CC1CN(S(=O)(=O)c2cccc(C(=O)Oc3ccccc3)c2)CC(C)O1. The molecule has 26 heavy (non-hydrogen) atoms. The molecule has 0 bridgehead atoms. The normalized spacial score (nSPS) is 21.3. The van der Waals surface area contributed by atoms with Crippen LogP contribution in [0.1, 0.15) is 24.2 Å². The number of sulfonamides is 1. The molecule has 2 aromatic carbocycles. The third-order valence-electron chi connectivity index (χ3n) is 4.05. The summed E-state index contributed by atoms with van der Waals surface area (Å²) in [6, 6.07) is 14.6. The Morgan fingerprint density at radius 1 is 1.04 bits per heavy atom. The van der Waals surface area contributed by atoms with Gasteiger partial charge >= 0.3 is 5.97 Å². The van der Waals surface area contributed by atoms with Crippen LogP contribution < -0.4 is 4.74 Å². The lowest BCUT2D eigenvalue weighted by atomic mass is 10.2. The van der Waals surface area contributed by atoms with Gasteiger partial charge < -0.3 is 9.47 Å². The monoisotopic (exact) mass is 375 g/mol. The molecule has 1 aliphatic heterocycles. The summed E-state index contributed by atoms with van der Waals surface area (Å²) in [7, 11) is -3.71. The first kappa shape index (κ1) is 18.6. The van der Waals surface area contributed by atoms with Crippen molar-refractivity contribution in [2.24, 2.45) is 0 Å². The van der Waals surface area contributed by atoms with Crippen LogP contribution >= 0.6 is 0 Å². The molecule has 2 unspecified atom stereocenters. The number of ether oxygens (including phenoxy) is 2. The molecule has 138 valence electrons. The van der Waals surface area contributed by atoms with E-state index in [1.807, 2.05) is 19.9 Å². The summed E-state index contributed by atoms with van der Waals surface area (Å²) < 4.78 is 38.1. The quantitative estimate of drug-likeness (QED) is 0.607. The van der Waals surface area contributed by atoms with E-state index in [-0.39, 0.29) is 35.8 Å². The highest BCUT2D eigenvalue weighted by Crippen LogP contribution is 2.22. The molecule has 2 aromatic rings. The van der Waals surface area contributed by atoms with Crippen LogP contribution in [0.25, 0.3) is 0 Å². The van der Waals surface area contributed by atoms with Crippen LogP contribution in [-0.4, -0.2) is 44.0 Å². The van der Waals surface area contributed by atoms with Gasteiger partial charge in [0.1, 0.15) is 5.75 Å². The van der Waals surface area contributed by atoms with Crippen LogP contribution in [0.4, 0.5) is 0 Å². The maximum absolute atomic E-state index is 12.9. The fourth-order valence-corrected chi connectivity index (χ4v) is 4.55. The second kappa shape index (κ2) is 7.57. The fraction of sp³-hybridized carbons (Fsp3) is 0.316. The van der Waals surface area contributed by atoms with Crippen molar-refractivity contribution < 1.29 is 22.7 Å². The van der Waals surface area contributed by atoms with Crippen LogP contribution in [0.15, 0.2) is 59.5 Å². The predicted molar refractivity (Wildman–Crippen MR) is 96.6 cm³/mol. The van der Waals surface area contributed by atoms with Gasteiger partial charge in [0.2, 0.25) is 10.0 Å². The molecule has 1 fully saturated rings. The molecule has 0 radical (unpaired) electrons. The molecule has 0 saturated carbocycles. The van der Waals surface area contributed by atoms with Crippen molar-refractivity contribution in [1.29, 1.82) is 0 Å². The lowest BCUT2D eigenvalue weighted by Crippen LogP contribution is -2.48. The highest BCUT2D eigenvalue weighted by Gasteiger charge is 2.32. The van der Waals surface area contributed by atoms with Gasteiger partial charge in [-0.05, 0) is 44.2 Å². The van der Waals surface area contributed by atoms with E-state index in [0.29, 0.717) is 5.75 Å². The molecule has 6 nitrogen and oxygen atoms in total. The summed E-state index contributed by atoms with van der Waals surface area (Å²) in [6.45, 7) is 4.24. The summed E-state index contributed by atoms with van der Waals surface area (Å²) in [6.07, 6.45) is -0.362. The number of carbonyl (C=O) groups excluding carboxylic acids is 1. The average molecular weight is 375 g/mol. The molecule has 3 rings (SSSR count). The zero-order valence-corrected chi connectivity index (χ0v) is 15.5. The van der Waals surface area contributed by atoms with Gasteiger partial charge in [-0.1, -0.05) is 24.3 Å². The molecule has 0 spiro atoms. The zero-order chi connectivity index (χ0) is 18.7. The molecule has 0 aromatic heterocycles. The number of hydrogen-bond acceptors (Lipinski definition) is 5. The van der Waals surface area contributed by atoms with Crippen LogP contribution in [0.3, 0.4) is 0 Å². The number of esters is 1. The molecule has 0 amide bonds. The number of carbonyl (C=O) groups is 1. The first-order valence-corrected chi connectivity index (χ1v) is 9.83. The Kier molecular flexibility index (Phi) is 5.41. The standard InChI is InChI=1S/C19H21NO5S/c1-14-12-20(13-15(2)24-14)26(22,23)18-10-6-7-16(11-18)19(21)25-17-8-4-3-5-9-17/h3-11,14-15H,12-13H2,1-2H3. The first-order valence-electron chi connectivity index (χ1n) is 8.39. The lowest BCUT2D eigenvalue weighted by molar-refractivity contribution is -0.0440. The van der Waals surface area contributed by atoms with Gasteiger partial charge in [-0.3, -0.25) is 0 Å². The number of rotatable bonds is 4. The minimum Gasteiger partial charge on any atom is -0.423 e. The van der Waals surface area contributed by atoms with Crippen molar-refractivity contribution in [1.82, 2.24) is 4.31 Å². The lowest BCUT2D eigenvalue weighted by Gasteiger charge is -2.34. The minimum atomic E-state index is -3.71. The Balaban J connectivity index is 1.83. The van der Waals surface area contributed by atoms with Crippen molar-refractivity contribution in [3.63, 3.8) is 0 Å². The van der Waals surface area contributed by atoms with E-state index in [1.165, 1.54) is 22.5 Å². The molecule has 1 saturated heterocycles. The predicted octanol–water partition coefficient (Wildman–Crippen LogP) is 2.70. The highest BCUT2D eigenvalue weighted by atomic mass is 32.2. The first-order chi connectivity index (χ1) is 12.4. The van der Waals surface area contributed by atoms with E-state index in [1.54, 1.807) is 30.3 Å². The van der Waals surface area contributed by atoms with Crippen LogP contribution in [0.5, 0.6) is 5.75 Å².